The van der Waals surface area contributed by atoms with Crippen LogP contribution in [0.2, 0.25) is 0 Å². The van der Waals surface area contributed by atoms with Gasteiger partial charge in [0.15, 0.2) is 0 Å². The Kier molecular flexibility index (Phi) is 14.1. The van der Waals surface area contributed by atoms with Crippen LogP contribution >= 0.6 is 0 Å². The van der Waals surface area contributed by atoms with Gasteiger partial charge in [0.05, 0.1) is 12.2 Å². The highest BCUT2D eigenvalue weighted by atomic mass is 16.5. The summed E-state index contributed by atoms with van der Waals surface area (Å²) in [5, 5.41) is 32.4. The monoisotopic (exact) mass is 507 g/mol. The highest BCUT2D eigenvalue weighted by Gasteiger charge is 2.30. The molecule has 36 heavy (non-hydrogen) atoms. The number of Topliss-reactive ketones (excluding diaryl/α,β-unsaturated/α-hetero) is 1. The van der Waals surface area contributed by atoms with Gasteiger partial charge in [-0.2, -0.15) is 0 Å². The van der Waals surface area contributed by atoms with E-state index in [9.17, 15) is 29.4 Å². The summed E-state index contributed by atoms with van der Waals surface area (Å²) in [6.07, 6.45) is 8.46. The molecule has 9 heteroatoms. The summed E-state index contributed by atoms with van der Waals surface area (Å²) >= 11 is 0. The second-order valence-electron chi connectivity index (χ2n) is 9.54. The first kappa shape index (κ1) is 31.4. The van der Waals surface area contributed by atoms with E-state index in [1.54, 1.807) is 45.1 Å². The van der Waals surface area contributed by atoms with Crippen molar-refractivity contribution in [3.63, 3.8) is 0 Å². The Morgan fingerprint density at radius 2 is 1.72 bits per heavy atom. The minimum absolute atomic E-state index is 0.0102. The van der Waals surface area contributed by atoms with E-state index in [0.717, 1.165) is 6.08 Å². The summed E-state index contributed by atoms with van der Waals surface area (Å²) in [6, 6.07) is 0. The SMILES string of the molecule is CO[C@H](/C=C/CC/C=C/C(=O)O)[C@H](O)[C@H](C)[C@@H](O)/C(C)=C/[C@@H](C)C(=O)CCCC1CC(=O)NC(=O)C1. The van der Waals surface area contributed by atoms with E-state index in [4.69, 9.17) is 9.84 Å². The number of unbranched alkanes of at least 4 members (excludes halogenated alkanes) is 1. The zero-order valence-electron chi connectivity index (χ0n) is 21.7. The van der Waals surface area contributed by atoms with E-state index in [0.29, 0.717) is 50.5 Å². The molecule has 0 aromatic rings. The first-order chi connectivity index (χ1) is 17.0. The van der Waals surface area contributed by atoms with Crippen molar-refractivity contribution in [3.8, 4) is 0 Å². The Hall–Kier alpha value is -2.62. The number of aliphatic hydroxyl groups excluding tert-OH is 2. The summed E-state index contributed by atoms with van der Waals surface area (Å²) < 4.78 is 5.36. The minimum atomic E-state index is -1.00. The molecule has 0 unspecified atom stereocenters. The molecular weight excluding hydrogens is 466 g/mol. The van der Waals surface area contributed by atoms with Gasteiger partial charge in [-0.1, -0.05) is 38.2 Å². The molecule has 2 amide bonds. The van der Waals surface area contributed by atoms with Crippen LogP contribution in [0.1, 0.15) is 65.7 Å². The normalized spacial score (nSPS) is 19.8. The van der Waals surface area contributed by atoms with E-state index < -0.39 is 36.1 Å². The Labute approximate surface area is 213 Å². The number of hydrogen-bond acceptors (Lipinski definition) is 7. The van der Waals surface area contributed by atoms with Crippen molar-refractivity contribution in [3.05, 3.63) is 36.0 Å². The van der Waals surface area contributed by atoms with E-state index in [1.807, 2.05) is 0 Å². The lowest BCUT2D eigenvalue weighted by atomic mass is 9.87. The van der Waals surface area contributed by atoms with Crippen LogP contribution in [0.3, 0.4) is 0 Å². The molecule has 0 aromatic heterocycles. The van der Waals surface area contributed by atoms with Gasteiger partial charge in [0.25, 0.3) is 0 Å². The first-order valence-corrected chi connectivity index (χ1v) is 12.4. The van der Waals surface area contributed by atoms with Crippen molar-refractivity contribution in [2.24, 2.45) is 17.8 Å². The Morgan fingerprint density at radius 1 is 1.11 bits per heavy atom. The number of ketones is 1. The molecule has 0 aromatic carbocycles. The molecule has 1 saturated heterocycles. The van der Waals surface area contributed by atoms with Gasteiger partial charge in [-0.3, -0.25) is 19.7 Å². The summed E-state index contributed by atoms with van der Waals surface area (Å²) in [6.45, 7) is 5.18. The smallest absolute Gasteiger partial charge is 0.327 e. The molecule has 0 radical (unpaired) electrons. The second-order valence-corrected chi connectivity index (χ2v) is 9.54. The lowest BCUT2D eigenvalue weighted by Crippen LogP contribution is -2.39. The number of carbonyl (C=O) groups excluding carboxylic acids is 3. The van der Waals surface area contributed by atoms with Crippen molar-refractivity contribution >= 4 is 23.6 Å². The predicted octanol–water partition coefficient (Wildman–Crippen LogP) is 2.71. The quantitative estimate of drug-likeness (QED) is 0.108. The maximum Gasteiger partial charge on any atom is 0.327 e. The molecular formula is C27H41NO8. The number of aliphatic hydroxyl groups is 2. The molecule has 1 rings (SSSR count). The number of amides is 2. The number of carboxylic acids is 1. The molecule has 0 bridgehead atoms. The highest BCUT2D eigenvalue weighted by Crippen LogP contribution is 2.23. The first-order valence-electron chi connectivity index (χ1n) is 12.4. The Bertz CT molecular complexity index is 831. The minimum Gasteiger partial charge on any atom is -0.478 e. The molecule has 1 aliphatic rings. The van der Waals surface area contributed by atoms with Crippen molar-refractivity contribution < 1.29 is 39.2 Å². The van der Waals surface area contributed by atoms with Gasteiger partial charge in [-0.15, -0.1) is 0 Å². The zero-order valence-corrected chi connectivity index (χ0v) is 21.7. The number of piperidine rings is 1. The number of rotatable bonds is 16. The fourth-order valence-corrected chi connectivity index (χ4v) is 4.28. The fraction of sp³-hybridized carbons (Fsp3) is 0.630. The van der Waals surface area contributed by atoms with Crippen LogP contribution in [0.15, 0.2) is 36.0 Å². The van der Waals surface area contributed by atoms with Crippen LogP contribution in [0, 0.1) is 17.8 Å². The second kappa shape index (κ2) is 16.2. The summed E-state index contributed by atoms with van der Waals surface area (Å²) in [5.74, 6) is -2.54. The number of carboxylic acid groups (broad SMARTS) is 1. The van der Waals surface area contributed by atoms with Gasteiger partial charge in [0, 0.05) is 44.3 Å². The van der Waals surface area contributed by atoms with Crippen LogP contribution in [0.5, 0.6) is 0 Å². The summed E-state index contributed by atoms with van der Waals surface area (Å²) in [7, 11) is 1.46. The van der Waals surface area contributed by atoms with Gasteiger partial charge < -0.3 is 20.1 Å². The lowest BCUT2D eigenvalue weighted by molar-refractivity contribution is -0.135. The molecule has 0 saturated carbocycles. The average molecular weight is 508 g/mol. The van der Waals surface area contributed by atoms with Crippen LogP contribution < -0.4 is 5.32 Å². The van der Waals surface area contributed by atoms with Gasteiger partial charge in [0.2, 0.25) is 11.8 Å². The number of carbonyl (C=O) groups is 4. The number of hydrogen-bond donors (Lipinski definition) is 4. The average Bonchev–Trinajstić information content (AvgIpc) is 2.81. The molecule has 202 valence electrons. The molecule has 5 atom stereocenters. The highest BCUT2D eigenvalue weighted by molar-refractivity contribution is 5.97. The number of ether oxygens (including phenoxy) is 1. The summed E-state index contributed by atoms with van der Waals surface area (Å²) in [5.41, 5.74) is 0.578. The van der Waals surface area contributed by atoms with Gasteiger partial charge in [-0.25, -0.2) is 4.79 Å². The molecule has 4 N–H and O–H groups in total. The van der Waals surface area contributed by atoms with Crippen LogP contribution in [-0.4, -0.2) is 64.3 Å². The maximum absolute atomic E-state index is 12.6. The number of nitrogens with one attached hydrogen (secondary N) is 1. The Balaban J connectivity index is 2.57. The summed E-state index contributed by atoms with van der Waals surface area (Å²) in [4.78, 5) is 46.0. The van der Waals surface area contributed by atoms with Crippen molar-refractivity contribution in [1.82, 2.24) is 5.32 Å². The van der Waals surface area contributed by atoms with E-state index in [1.165, 1.54) is 7.11 Å². The van der Waals surface area contributed by atoms with Crippen LogP contribution in [0.25, 0.3) is 0 Å². The van der Waals surface area contributed by atoms with Gasteiger partial charge in [-0.05, 0) is 44.1 Å². The number of aliphatic carboxylic acids is 1. The van der Waals surface area contributed by atoms with E-state index in [2.05, 4.69) is 5.32 Å². The van der Waals surface area contributed by atoms with E-state index >= 15 is 0 Å². The molecule has 9 nitrogen and oxygen atoms in total. The largest absolute Gasteiger partial charge is 0.478 e. The fourth-order valence-electron chi connectivity index (χ4n) is 4.28. The predicted molar refractivity (Wildman–Crippen MR) is 135 cm³/mol. The molecule has 0 aliphatic carbocycles. The van der Waals surface area contributed by atoms with Crippen LogP contribution in [-0.2, 0) is 23.9 Å². The van der Waals surface area contributed by atoms with E-state index in [-0.39, 0.29) is 23.5 Å². The van der Waals surface area contributed by atoms with Gasteiger partial charge in [0.1, 0.15) is 11.9 Å². The third-order valence-corrected chi connectivity index (χ3v) is 6.48. The number of methoxy groups -OCH3 is 1. The third-order valence-electron chi connectivity index (χ3n) is 6.48. The topological polar surface area (TPSA) is 150 Å². The standard InChI is InChI=1S/C27H41NO8/c1-17(21(29)11-9-10-20-15-23(30)28-24(31)16-20)14-18(2)26(34)19(3)27(35)22(36-4)12-7-5-6-8-13-25(32)33/h7-8,12-14,17,19-20,22,26-27,34-35H,5-6,9-11,15-16H2,1-4H3,(H,32,33)(H,28,30,31)/b12-7+,13-8+,18-14+/t17-,19-,22-,26+,27-/m1/s1. The molecule has 1 fully saturated rings. The van der Waals surface area contributed by atoms with Crippen molar-refractivity contribution in [2.75, 3.05) is 7.11 Å². The molecule has 1 heterocycles. The molecule has 1 aliphatic heterocycles. The maximum atomic E-state index is 12.6. The third kappa shape index (κ3) is 11.4. The number of imide groups is 1. The van der Waals surface area contributed by atoms with Gasteiger partial charge >= 0.3 is 5.97 Å². The van der Waals surface area contributed by atoms with Crippen molar-refractivity contribution in [1.29, 1.82) is 0 Å². The Morgan fingerprint density at radius 3 is 2.31 bits per heavy atom. The zero-order chi connectivity index (χ0) is 27.3. The van der Waals surface area contributed by atoms with Crippen molar-refractivity contribution in [2.45, 2.75) is 84.0 Å². The van der Waals surface area contributed by atoms with Crippen LogP contribution in [0.4, 0.5) is 0 Å². The lowest BCUT2D eigenvalue weighted by Gasteiger charge is -2.29. The number of allylic oxidation sites excluding steroid dienone is 3. The molecule has 0 spiro atoms.